The maximum atomic E-state index is 12.7. The molecule has 0 atom stereocenters. The molecule has 1 aliphatic heterocycles. The maximum Gasteiger partial charge on any atom is 0.265 e. The van der Waals surface area contributed by atoms with Crippen molar-refractivity contribution in [3.63, 3.8) is 0 Å². The van der Waals surface area contributed by atoms with Gasteiger partial charge in [0.15, 0.2) is 5.11 Å². The third-order valence-corrected chi connectivity index (χ3v) is 5.14. The number of nitrogens with zero attached hydrogens (tertiary/aromatic N) is 2. The van der Waals surface area contributed by atoms with E-state index in [-0.39, 0.29) is 16.6 Å². The number of amides is 2. The Balaban J connectivity index is 1.79. The molecule has 6 heteroatoms. The van der Waals surface area contributed by atoms with Gasteiger partial charge in [0, 0.05) is 35.8 Å². The first-order valence-corrected chi connectivity index (χ1v) is 9.50. The van der Waals surface area contributed by atoms with Crippen molar-refractivity contribution >= 4 is 46.1 Å². The highest BCUT2D eigenvalue weighted by Crippen LogP contribution is 2.25. The Morgan fingerprint density at radius 2 is 1.75 bits per heavy atom. The van der Waals surface area contributed by atoms with E-state index < -0.39 is 5.91 Å². The number of rotatable bonds is 4. The first-order chi connectivity index (χ1) is 13.6. The second kappa shape index (κ2) is 7.40. The van der Waals surface area contributed by atoms with Crippen molar-refractivity contribution in [3.8, 4) is 0 Å². The Morgan fingerprint density at radius 1 is 1.04 bits per heavy atom. The van der Waals surface area contributed by atoms with E-state index in [1.54, 1.807) is 6.08 Å². The minimum absolute atomic E-state index is 0.0954. The lowest BCUT2D eigenvalue weighted by molar-refractivity contribution is -0.128. The summed E-state index contributed by atoms with van der Waals surface area (Å²) in [5.41, 5.74) is 3.15. The van der Waals surface area contributed by atoms with Crippen LogP contribution in [0.3, 0.4) is 0 Å². The fourth-order valence-electron chi connectivity index (χ4n) is 3.44. The molecule has 140 valence electrons. The van der Waals surface area contributed by atoms with Crippen LogP contribution in [-0.2, 0) is 16.1 Å². The van der Waals surface area contributed by atoms with Crippen LogP contribution in [0.5, 0.6) is 0 Å². The molecular formula is C22H19N3O2S. The van der Waals surface area contributed by atoms with Crippen LogP contribution in [0.1, 0.15) is 18.1 Å². The third-order valence-electron chi connectivity index (χ3n) is 4.82. The number of carbonyl (C=O) groups is 2. The molecule has 1 aromatic heterocycles. The number of aromatic nitrogens is 1. The normalized spacial score (nSPS) is 16.1. The lowest BCUT2D eigenvalue weighted by Crippen LogP contribution is -2.53. The second-order valence-electron chi connectivity index (χ2n) is 6.58. The second-order valence-corrected chi connectivity index (χ2v) is 6.97. The van der Waals surface area contributed by atoms with E-state index in [4.69, 9.17) is 12.2 Å². The van der Waals surface area contributed by atoms with Gasteiger partial charge in [-0.3, -0.25) is 19.8 Å². The summed E-state index contributed by atoms with van der Waals surface area (Å²) >= 11 is 5.09. The molecule has 0 aliphatic carbocycles. The number of hydrogen-bond acceptors (Lipinski definition) is 3. The van der Waals surface area contributed by atoms with Crippen molar-refractivity contribution in [1.29, 1.82) is 0 Å². The summed E-state index contributed by atoms with van der Waals surface area (Å²) in [6.45, 7) is 2.94. The maximum absolute atomic E-state index is 12.7. The van der Waals surface area contributed by atoms with Gasteiger partial charge in [-0.1, -0.05) is 48.5 Å². The molecule has 28 heavy (non-hydrogen) atoms. The van der Waals surface area contributed by atoms with Crippen LogP contribution in [0.4, 0.5) is 0 Å². The van der Waals surface area contributed by atoms with Crippen LogP contribution in [0, 0.1) is 0 Å². The molecule has 0 bridgehead atoms. The molecule has 1 aliphatic rings. The SMILES string of the molecule is CCN1C(=O)/C(=C\c2cn(Cc3ccccc3)c3ccccc23)C(=O)NC1=S. The standard InChI is InChI=1S/C22H19N3O2S/c1-2-25-21(27)18(20(26)23-22(25)28)12-16-14-24(13-15-8-4-3-5-9-15)19-11-7-6-10-17(16)19/h3-12,14H,2,13H2,1H3,(H,23,26,28)/b18-12-. The summed E-state index contributed by atoms with van der Waals surface area (Å²) in [5.74, 6) is -0.823. The van der Waals surface area contributed by atoms with Gasteiger partial charge in [-0.05, 0) is 36.8 Å². The minimum Gasteiger partial charge on any atom is -0.342 e. The van der Waals surface area contributed by atoms with Gasteiger partial charge in [0.05, 0.1) is 0 Å². The molecule has 3 aromatic rings. The lowest BCUT2D eigenvalue weighted by Gasteiger charge is -2.27. The van der Waals surface area contributed by atoms with E-state index in [0.717, 1.165) is 16.5 Å². The van der Waals surface area contributed by atoms with Crippen molar-refractivity contribution in [3.05, 3.63) is 77.5 Å². The van der Waals surface area contributed by atoms with Gasteiger partial charge in [-0.15, -0.1) is 0 Å². The molecule has 0 saturated carbocycles. The molecule has 1 N–H and O–H groups in total. The number of likely N-dealkylation sites (N-methyl/N-ethyl adjacent to an activating group) is 1. The predicted molar refractivity (Wildman–Crippen MR) is 114 cm³/mol. The number of benzene rings is 2. The summed E-state index contributed by atoms with van der Waals surface area (Å²) < 4.78 is 2.13. The molecule has 1 saturated heterocycles. The number of carbonyl (C=O) groups excluding carboxylic acids is 2. The van der Waals surface area contributed by atoms with Gasteiger partial charge >= 0.3 is 0 Å². The minimum atomic E-state index is -0.459. The van der Waals surface area contributed by atoms with Crippen LogP contribution in [0.15, 0.2) is 66.4 Å². The van der Waals surface area contributed by atoms with Gasteiger partial charge in [0.25, 0.3) is 11.8 Å². The molecule has 2 amide bonds. The van der Waals surface area contributed by atoms with E-state index in [9.17, 15) is 9.59 Å². The van der Waals surface area contributed by atoms with Gasteiger partial charge in [0.1, 0.15) is 5.57 Å². The number of nitrogens with one attached hydrogen (secondary N) is 1. The van der Waals surface area contributed by atoms with Gasteiger partial charge in [-0.2, -0.15) is 0 Å². The van der Waals surface area contributed by atoms with E-state index >= 15 is 0 Å². The average molecular weight is 389 g/mol. The number of fused-ring (bicyclic) bond motifs is 1. The van der Waals surface area contributed by atoms with Gasteiger partial charge in [0.2, 0.25) is 0 Å². The smallest absolute Gasteiger partial charge is 0.265 e. The van der Waals surface area contributed by atoms with E-state index in [1.165, 1.54) is 10.5 Å². The molecule has 1 fully saturated rings. The lowest BCUT2D eigenvalue weighted by atomic mass is 10.1. The predicted octanol–water partition coefficient (Wildman–Crippen LogP) is 3.34. The summed E-state index contributed by atoms with van der Waals surface area (Å²) in [7, 11) is 0. The molecule has 2 heterocycles. The van der Waals surface area contributed by atoms with Crippen molar-refractivity contribution in [2.24, 2.45) is 0 Å². The molecule has 0 unspecified atom stereocenters. The molecule has 0 radical (unpaired) electrons. The van der Waals surface area contributed by atoms with Crippen LogP contribution in [0.25, 0.3) is 17.0 Å². The first kappa shape index (κ1) is 18.1. The fraction of sp³-hybridized carbons (Fsp3) is 0.136. The highest BCUT2D eigenvalue weighted by atomic mass is 32.1. The number of hydrogen-bond donors (Lipinski definition) is 1. The van der Waals surface area contributed by atoms with Crippen LogP contribution in [-0.4, -0.2) is 32.9 Å². The Hall–Kier alpha value is -3.25. The van der Waals surface area contributed by atoms with Crippen molar-refractivity contribution in [2.45, 2.75) is 13.5 Å². The molecule has 0 spiro atoms. The quantitative estimate of drug-likeness (QED) is 0.423. The Morgan fingerprint density at radius 3 is 2.50 bits per heavy atom. The first-order valence-electron chi connectivity index (χ1n) is 9.09. The summed E-state index contributed by atoms with van der Waals surface area (Å²) in [5, 5.41) is 3.74. The number of para-hydroxylation sites is 1. The van der Waals surface area contributed by atoms with E-state index in [0.29, 0.717) is 13.1 Å². The topological polar surface area (TPSA) is 54.3 Å². The van der Waals surface area contributed by atoms with Crippen LogP contribution < -0.4 is 5.32 Å². The zero-order valence-corrected chi connectivity index (χ0v) is 16.2. The molecule has 4 rings (SSSR count). The zero-order valence-electron chi connectivity index (χ0n) is 15.4. The molecule has 2 aromatic carbocycles. The van der Waals surface area contributed by atoms with E-state index in [2.05, 4.69) is 22.0 Å². The third kappa shape index (κ3) is 3.23. The summed E-state index contributed by atoms with van der Waals surface area (Å²) in [6, 6.07) is 18.1. The van der Waals surface area contributed by atoms with Gasteiger partial charge < -0.3 is 4.57 Å². The molecule has 5 nitrogen and oxygen atoms in total. The van der Waals surface area contributed by atoms with Gasteiger partial charge in [-0.25, -0.2) is 0 Å². The average Bonchev–Trinajstić information content (AvgIpc) is 3.04. The van der Waals surface area contributed by atoms with Crippen LogP contribution >= 0.6 is 12.2 Å². The largest absolute Gasteiger partial charge is 0.342 e. The molecular weight excluding hydrogens is 370 g/mol. The van der Waals surface area contributed by atoms with E-state index in [1.807, 2.05) is 55.6 Å². The fourth-order valence-corrected chi connectivity index (χ4v) is 3.74. The van der Waals surface area contributed by atoms with Crippen molar-refractivity contribution in [2.75, 3.05) is 6.54 Å². The van der Waals surface area contributed by atoms with Crippen molar-refractivity contribution < 1.29 is 9.59 Å². The Kier molecular flexibility index (Phi) is 4.79. The highest BCUT2D eigenvalue weighted by molar-refractivity contribution is 7.80. The monoisotopic (exact) mass is 389 g/mol. The summed E-state index contributed by atoms with van der Waals surface area (Å²) in [6.07, 6.45) is 3.64. The van der Waals surface area contributed by atoms with Crippen molar-refractivity contribution in [1.82, 2.24) is 14.8 Å². The highest BCUT2D eigenvalue weighted by Gasteiger charge is 2.32. The Labute approximate surface area is 168 Å². The summed E-state index contributed by atoms with van der Waals surface area (Å²) in [4.78, 5) is 26.5. The zero-order chi connectivity index (χ0) is 19.7. The Bertz CT molecular complexity index is 1120. The number of thiocarbonyl (C=S) groups is 1. The van der Waals surface area contributed by atoms with Crippen LogP contribution in [0.2, 0.25) is 0 Å².